The molecule has 0 radical (unpaired) electrons. The largest absolute Gasteiger partial charge is 0.460 e. The Morgan fingerprint density at radius 2 is 1.97 bits per heavy atom. The number of aryl methyl sites for hydroxylation is 1. The van der Waals surface area contributed by atoms with Gasteiger partial charge in [0, 0.05) is 29.8 Å². The van der Waals surface area contributed by atoms with E-state index in [1.807, 2.05) is 43.3 Å². The molecule has 2 aromatic carbocycles. The van der Waals surface area contributed by atoms with Gasteiger partial charge in [0.1, 0.15) is 11.5 Å². The predicted octanol–water partition coefficient (Wildman–Crippen LogP) is 4.91. The number of benzene rings is 2. The second kappa shape index (κ2) is 6.81. The number of nitro groups is 1. The van der Waals surface area contributed by atoms with Gasteiger partial charge in [-0.15, -0.1) is 0 Å². The Morgan fingerprint density at radius 1 is 1.13 bits per heavy atom. The van der Waals surface area contributed by atoms with E-state index in [4.69, 9.17) is 4.42 Å². The van der Waals surface area contributed by atoms with E-state index in [0.29, 0.717) is 41.2 Å². The number of nitrogens with zero attached hydrogens (tertiary/aromatic N) is 3. The van der Waals surface area contributed by atoms with Crippen LogP contribution in [-0.2, 0) is 6.42 Å². The number of aromatic nitrogens is 1. The SMILES string of the molecule is Cc1ccc(-c2cc(C(=O)N3CCc4cc([N+](=O)[O-])ccc43)c3ccccc3n2)o1. The van der Waals surface area contributed by atoms with Crippen molar-refractivity contribution >= 4 is 28.2 Å². The number of carbonyl (C=O) groups excluding carboxylic acids is 1. The van der Waals surface area contributed by atoms with Crippen LogP contribution in [0.25, 0.3) is 22.4 Å². The number of hydrogen-bond donors (Lipinski definition) is 0. The number of furan rings is 1. The average molecular weight is 399 g/mol. The lowest BCUT2D eigenvalue weighted by atomic mass is 10.1. The molecule has 0 N–H and O–H groups in total. The Labute approximate surface area is 171 Å². The van der Waals surface area contributed by atoms with Gasteiger partial charge in [-0.2, -0.15) is 0 Å². The first-order valence-electron chi connectivity index (χ1n) is 9.57. The number of para-hydroxylation sites is 1. The summed E-state index contributed by atoms with van der Waals surface area (Å²) in [5.74, 6) is 1.21. The minimum absolute atomic E-state index is 0.0351. The van der Waals surface area contributed by atoms with Gasteiger partial charge in [-0.05, 0) is 49.2 Å². The van der Waals surface area contributed by atoms with Gasteiger partial charge in [0.25, 0.3) is 11.6 Å². The Morgan fingerprint density at radius 3 is 2.73 bits per heavy atom. The molecule has 0 spiro atoms. The smallest absolute Gasteiger partial charge is 0.269 e. The predicted molar refractivity (Wildman–Crippen MR) is 113 cm³/mol. The molecule has 1 amide bonds. The van der Waals surface area contributed by atoms with Crippen LogP contribution in [-0.4, -0.2) is 22.4 Å². The number of non-ortho nitro benzene ring substituents is 1. The van der Waals surface area contributed by atoms with Gasteiger partial charge in [-0.25, -0.2) is 4.98 Å². The molecule has 2 aromatic heterocycles. The van der Waals surface area contributed by atoms with Crippen LogP contribution < -0.4 is 4.90 Å². The van der Waals surface area contributed by atoms with Crippen molar-refractivity contribution in [2.75, 3.05) is 11.4 Å². The molecule has 0 bridgehead atoms. The summed E-state index contributed by atoms with van der Waals surface area (Å²) in [6.07, 6.45) is 0.579. The van der Waals surface area contributed by atoms with Crippen molar-refractivity contribution in [3.05, 3.63) is 87.7 Å². The molecule has 7 nitrogen and oxygen atoms in total. The van der Waals surface area contributed by atoms with E-state index in [0.717, 1.165) is 16.7 Å². The number of nitro benzene ring substituents is 1. The van der Waals surface area contributed by atoms with Crippen molar-refractivity contribution in [3.63, 3.8) is 0 Å². The monoisotopic (exact) mass is 399 g/mol. The topological polar surface area (TPSA) is 89.5 Å². The van der Waals surface area contributed by atoms with E-state index in [1.54, 1.807) is 23.1 Å². The lowest BCUT2D eigenvalue weighted by molar-refractivity contribution is -0.384. The third-order valence-corrected chi connectivity index (χ3v) is 5.35. The number of anilines is 1. The zero-order valence-electron chi connectivity index (χ0n) is 16.2. The summed E-state index contributed by atoms with van der Waals surface area (Å²) >= 11 is 0. The van der Waals surface area contributed by atoms with Gasteiger partial charge < -0.3 is 9.32 Å². The first-order chi connectivity index (χ1) is 14.5. The van der Waals surface area contributed by atoms with E-state index in [1.165, 1.54) is 6.07 Å². The first-order valence-corrected chi connectivity index (χ1v) is 9.57. The van der Waals surface area contributed by atoms with Crippen LogP contribution in [0.1, 0.15) is 21.7 Å². The molecule has 0 aliphatic carbocycles. The fraction of sp³-hybridized carbons (Fsp3) is 0.130. The quantitative estimate of drug-likeness (QED) is 0.360. The molecule has 0 saturated carbocycles. The number of hydrogen-bond acceptors (Lipinski definition) is 5. The van der Waals surface area contributed by atoms with Gasteiger partial charge in [-0.3, -0.25) is 14.9 Å². The summed E-state index contributed by atoms with van der Waals surface area (Å²) in [4.78, 5) is 30.6. The minimum atomic E-state index is -0.418. The van der Waals surface area contributed by atoms with Crippen molar-refractivity contribution in [2.24, 2.45) is 0 Å². The molecule has 5 rings (SSSR count). The maximum absolute atomic E-state index is 13.6. The maximum Gasteiger partial charge on any atom is 0.269 e. The van der Waals surface area contributed by atoms with Crippen LogP contribution in [0.3, 0.4) is 0 Å². The van der Waals surface area contributed by atoms with Crippen LogP contribution in [0.5, 0.6) is 0 Å². The zero-order chi connectivity index (χ0) is 20.8. The van der Waals surface area contributed by atoms with Crippen LogP contribution >= 0.6 is 0 Å². The number of fused-ring (bicyclic) bond motifs is 2. The molecule has 0 unspecified atom stereocenters. The van der Waals surface area contributed by atoms with Crippen LogP contribution in [0.4, 0.5) is 11.4 Å². The Hall–Kier alpha value is -4.00. The number of amides is 1. The summed E-state index contributed by atoms with van der Waals surface area (Å²) in [6, 6.07) is 17.6. The van der Waals surface area contributed by atoms with Gasteiger partial charge >= 0.3 is 0 Å². The average Bonchev–Trinajstić information content (AvgIpc) is 3.38. The van der Waals surface area contributed by atoms with Gasteiger partial charge in [0.15, 0.2) is 5.76 Å². The lowest BCUT2D eigenvalue weighted by Gasteiger charge is -2.19. The molecule has 1 aliphatic heterocycles. The van der Waals surface area contributed by atoms with Crippen molar-refractivity contribution in [2.45, 2.75) is 13.3 Å². The summed E-state index contributed by atoms with van der Waals surface area (Å²) in [5.41, 5.74) is 3.37. The molecule has 1 aliphatic rings. The third kappa shape index (κ3) is 2.91. The summed E-state index contributed by atoms with van der Waals surface area (Å²) in [7, 11) is 0. The highest BCUT2D eigenvalue weighted by atomic mass is 16.6. The number of pyridine rings is 1. The van der Waals surface area contributed by atoms with E-state index in [2.05, 4.69) is 4.98 Å². The molecule has 30 heavy (non-hydrogen) atoms. The van der Waals surface area contributed by atoms with Crippen LogP contribution in [0.15, 0.2) is 65.1 Å². The number of carbonyl (C=O) groups is 1. The Bertz CT molecular complexity index is 1330. The summed E-state index contributed by atoms with van der Waals surface area (Å²) < 4.78 is 5.72. The zero-order valence-corrected chi connectivity index (χ0v) is 16.2. The van der Waals surface area contributed by atoms with Crippen molar-refractivity contribution < 1.29 is 14.1 Å². The van der Waals surface area contributed by atoms with E-state index in [9.17, 15) is 14.9 Å². The van der Waals surface area contributed by atoms with Gasteiger partial charge in [0.05, 0.1) is 16.0 Å². The molecule has 4 aromatic rings. The van der Waals surface area contributed by atoms with Crippen molar-refractivity contribution in [1.82, 2.24) is 4.98 Å². The van der Waals surface area contributed by atoms with Crippen molar-refractivity contribution in [3.8, 4) is 11.5 Å². The minimum Gasteiger partial charge on any atom is -0.460 e. The highest BCUT2D eigenvalue weighted by Gasteiger charge is 2.28. The number of rotatable bonds is 3. The molecule has 0 fully saturated rings. The normalized spacial score (nSPS) is 12.9. The molecular weight excluding hydrogens is 382 g/mol. The summed E-state index contributed by atoms with van der Waals surface area (Å²) in [5, 5.41) is 11.8. The highest BCUT2D eigenvalue weighted by Crippen LogP contribution is 2.34. The molecule has 148 valence electrons. The molecule has 0 atom stereocenters. The third-order valence-electron chi connectivity index (χ3n) is 5.35. The van der Waals surface area contributed by atoms with Crippen LogP contribution in [0.2, 0.25) is 0 Å². The molecule has 0 saturated heterocycles. The van der Waals surface area contributed by atoms with Gasteiger partial charge in [-0.1, -0.05) is 18.2 Å². The lowest BCUT2D eigenvalue weighted by Crippen LogP contribution is -2.29. The highest BCUT2D eigenvalue weighted by molar-refractivity contribution is 6.15. The fourth-order valence-electron chi connectivity index (χ4n) is 3.91. The fourth-order valence-corrected chi connectivity index (χ4v) is 3.91. The summed E-state index contributed by atoms with van der Waals surface area (Å²) in [6.45, 7) is 2.33. The van der Waals surface area contributed by atoms with Gasteiger partial charge in [0.2, 0.25) is 0 Å². The van der Waals surface area contributed by atoms with Crippen LogP contribution in [0, 0.1) is 17.0 Å². The second-order valence-corrected chi connectivity index (χ2v) is 7.26. The molecule has 3 heterocycles. The van der Waals surface area contributed by atoms with Crippen molar-refractivity contribution in [1.29, 1.82) is 0 Å². The maximum atomic E-state index is 13.6. The Kier molecular flexibility index (Phi) is 4.10. The Balaban J connectivity index is 1.62. The standard InChI is InChI=1S/C23H17N3O4/c1-14-6-9-22(30-14)20-13-18(17-4-2-3-5-19(17)24-20)23(27)25-11-10-15-12-16(26(28)29)7-8-21(15)25/h2-9,12-13H,10-11H2,1H3. The molecule has 7 heteroatoms. The van der Waals surface area contributed by atoms with E-state index < -0.39 is 4.92 Å². The molecular formula is C23H17N3O4. The van der Waals surface area contributed by atoms with E-state index in [-0.39, 0.29) is 11.6 Å². The second-order valence-electron chi connectivity index (χ2n) is 7.26. The van der Waals surface area contributed by atoms with E-state index >= 15 is 0 Å². The first kappa shape index (κ1) is 18.1.